The van der Waals surface area contributed by atoms with Gasteiger partial charge in [0.2, 0.25) is 5.91 Å². The van der Waals surface area contributed by atoms with Crippen LogP contribution in [-0.2, 0) is 4.79 Å². The van der Waals surface area contributed by atoms with Gasteiger partial charge in [-0.15, -0.1) is 0 Å². The van der Waals surface area contributed by atoms with E-state index in [0.29, 0.717) is 18.5 Å². The number of piperidine rings is 1. The Labute approximate surface area is 111 Å². The molecule has 1 aromatic rings. The molecule has 0 spiro atoms. The molecule has 0 aromatic carbocycles. The molecular formula is C13H18N2O2S. The average molecular weight is 266 g/mol. The Kier molecular flexibility index (Phi) is 4.75. The highest BCUT2D eigenvalue weighted by atomic mass is 32.1. The molecule has 2 heterocycles. The zero-order valence-electron chi connectivity index (χ0n) is 10.4. The highest BCUT2D eigenvalue weighted by molar-refractivity contribution is 7.08. The molecule has 18 heavy (non-hydrogen) atoms. The summed E-state index contributed by atoms with van der Waals surface area (Å²) >= 11 is 1.49. The van der Waals surface area contributed by atoms with Crippen LogP contribution in [0.25, 0.3) is 0 Å². The SMILES string of the molecule is O=C(NCCC(=O)N1CCCCC1)c1ccsc1. The minimum atomic E-state index is -0.0947. The number of carbonyl (C=O) groups is 2. The molecule has 2 rings (SSSR count). The number of likely N-dealkylation sites (tertiary alicyclic amines) is 1. The van der Waals surface area contributed by atoms with Gasteiger partial charge in [-0.05, 0) is 30.7 Å². The first kappa shape index (κ1) is 13.1. The quantitative estimate of drug-likeness (QED) is 0.904. The van der Waals surface area contributed by atoms with Crippen LogP contribution >= 0.6 is 11.3 Å². The predicted octanol–water partition coefficient (Wildman–Crippen LogP) is 1.88. The summed E-state index contributed by atoms with van der Waals surface area (Å²) in [5.41, 5.74) is 0.672. The number of nitrogens with one attached hydrogen (secondary N) is 1. The van der Waals surface area contributed by atoms with Crippen molar-refractivity contribution < 1.29 is 9.59 Å². The van der Waals surface area contributed by atoms with Gasteiger partial charge in [0.25, 0.3) is 5.91 Å². The van der Waals surface area contributed by atoms with Gasteiger partial charge in [0.15, 0.2) is 0 Å². The van der Waals surface area contributed by atoms with Gasteiger partial charge < -0.3 is 10.2 Å². The van der Waals surface area contributed by atoms with Crippen LogP contribution in [0.4, 0.5) is 0 Å². The minimum absolute atomic E-state index is 0.0947. The summed E-state index contributed by atoms with van der Waals surface area (Å²) in [4.78, 5) is 25.4. The van der Waals surface area contributed by atoms with Crippen molar-refractivity contribution in [3.05, 3.63) is 22.4 Å². The van der Waals surface area contributed by atoms with E-state index in [-0.39, 0.29) is 11.8 Å². The smallest absolute Gasteiger partial charge is 0.252 e. The lowest BCUT2D eigenvalue weighted by molar-refractivity contribution is -0.131. The Morgan fingerprint density at radius 3 is 2.72 bits per heavy atom. The summed E-state index contributed by atoms with van der Waals surface area (Å²) in [6, 6.07) is 1.78. The first-order valence-corrected chi connectivity index (χ1v) is 7.30. The van der Waals surface area contributed by atoms with E-state index in [1.165, 1.54) is 17.8 Å². The third-order valence-corrected chi connectivity index (χ3v) is 3.80. The monoisotopic (exact) mass is 266 g/mol. The minimum Gasteiger partial charge on any atom is -0.351 e. The van der Waals surface area contributed by atoms with Crippen LogP contribution in [0.15, 0.2) is 16.8 Å². The molecular weight excluding hydrogens is 248 g/mol. The molecule has 0 radical (unpaired) electrons. The third-order valence-electron chi connectivity index (χ3n) is 3.12. The molecule has 5 heteroatoms. The molecule has 2 amide bonds. The first-order chi connectivity index (χ1) is 8.77. The maximum Gasteiger partial charge on any atom is 0.252 e. The number of nitrogens with zero attached hydrogens (tertiary/aromatic N) is 1. The molecule has 0 unspecified atom stereocenters. The molecule has 1 fully saturated rings. The summed E-state index contributed by atoms with van der Waals surface area (Å²) in [5, 5.41) is 6.45. The second-order valence-corrected chi connectivity index (χ2v) is 5.24. The Morgan fingerprint density at radius 1 is 1.28 bits per heavy atom. The number of rotatable bonds is 4. The number of hydrogen-bond acceptors (Lipinski definition) is 3. The van der Waals surface area contributed by atoms with Gasteiger partial charge in [-0.25, -0.2) is 0 Å². The van der Waals surface area contributed by atoms with E-state index in [1.54, 1.807) is 6.07 Å². The zero-order valence-corrected chi connectivity index (χ0v) is 11.2. The molecule has 1 aliphatic heterocycles. The van der Waals surface area contributed by atoms with Gasteiger partial charge in [-0.1, -0.05) is 0 Å². The number of thiophene rings is 1. The van der Waals surface area contributed by atoms with Crippen LogP contribution in [0.3, 0.4) is 0 Å². The summed E-state index contributed by atoms with van der Waals surface area (Å²) in [5.74, 6) is 0.0583. The van der Waals surface area contributed by atoms with Crippen LogP contribution in [0.1, 0.15) is 36.0 Å². The highest BCUT2D eigenvalue weighted by Crippen LogP contribution is 2.09. The summed E-state index contributed by atoms with van der Waals surface area (Å²) in [6.07, 6.45) is 3.83. The Morgan fingerprint density at radius 2 is 2.06 bits per heavy atom. The fourth-order valence-electron chi connectivity index (χ4n) is 2.08. The molecule has 0 aliphatic carbocycles. The van der Waals surface area contributed by atoms with Gasteiger partial charge in [0.05, 0.1) is 0 Å². The predicted molar refractivity (Wildman–Crippen MR) is 71.7 cm³/mol. The van der Waals surface area contributed by atoms with Crippen molar-refractivity contribution in [3.8, 4) is 0 Å². The molecule has 0 bridgehead atoms. The Balaban J connectivity index is 1.68. The van der Waals surface area contributed by atoms with Crippen LogP contribution in [0, 0.1) is 0 Å². The number of hydrogen-bond donors (Lipinski definition) is 1. The standard InChI is InChI=1S/C13H18N2O2S/c16-12(15-7-2-1-3-8-15)4-6-14-13(17)11-5-9-18-10-11/h5,9-10H,1-4,6-8H2,(H,14,17). The Bertz CT molecular complexity index is 397. The topological polar surface area (TPSA) is 49.4 Å². The maximum absolute atomic E-state index is 11.8. The molecule has 1 aromatic heterocycles. The van der Waals surface area contributed by atoms with Crippen LogP contribution < -0.4 is 5.32 Å². The van der Waals surface area contributed by atoms with Crippen LogP contribution in [0.5, 0.6) is 0 Å². The molecule has 98 valence electrons. The molecule has 1 aliphatic rings. The fraction of sp³-hybridized carbons (Fsp3) is 0.538. The largest absolute Gasteiger partial charge is 0.351 e. The van der Waals surface area contributed by atoms with Crippen LogP contribution in [0.2, 0.25) is 0 Å². The second kappa shape index (κ2) is 6.54. The van der Waals surface area contributed by atoms with Gasteiger partial charge in [-0.2, -0.15) is 11.3 Å². The van der Waals surface area contributed by atoms with Crippen molar-refractivity contribution in [1.29, 1.82) is 0 Å². The molecule has 0 atom stereocenters. The maximum atomic E-state index is 11.8. The molecule has 1 N–H and O–H groups in total. The highest BCUT2D eigenvalue weighted by Gasteiger charge is 2.16. The van der Waals surface area contributed by atoms with Crippen LogP contribution in [-0.4, -0.2) is 36.3 Å². The van der Waals surface area contributed by atoms with E-state index in [4.69, 9.17) is 0 Å². The van der Waals surface area contributed by atoms with E-state index >= 15 is 0 Å². The summed E-state index contributed by atoms with van der Waals surface area (Å²) in [6.45, 7) is 2.17. The lowest BCUT2D eigenvalue weighted by Gasteiger charge is -2.26. The molecule has 1 saturated heterocycles. The van der Waals surface area contributed by atoms with Gasteiger partial charge in [-0.3, -0.25) is 9.59 Å². The van der Waals surface area contributed by atoms with Crippen molar-refractivity contribution in [3.63, 3.8) is 0 Å². The van der Waals surface area contributed by atoms with Gasteiger partial charge >= 0.3 is 0 Å². The second-order valence-electron chi connectivity index (χ2n) is 4.46. The molecule has 4 nitrogen and oxygen atoms in total. The van der Waals surface area contributed by atoms with E-state index in [1.807, 2.05) is 15.7 Å². The van der Waals surface area contributed by atoms with E-state index in [2.05, 4.69) is 5.32 Å². The summed E-state index contributed by atoms with van der Waals surface area (Å²) in [7, 11) is 0. The third kappa shape index (κ3) is 3.57. The van der Waals surface area contributed by atoms with E-state index in [0.717, 1.165) is 25.9 Å². The molecule has 0 saturated carbocycles. The summed E-state index contributed by atoms with van der Waals surface area (Å²) < 4.78 is 0. The fourth-order valence-corrected chi connectivity index (χ4v) is 2.72. The lowest BCUT2D eigenvalue weighted by Crippen LogP contribution is -2.37. The number of carbonyl (C=O) groups excluding carboxylic acids is 2. The average Bonchev–Trinajstić information content (AvgIpc) is 2.93. The zero-order chi connectivity index (χ0) is 12.8. The number of amides is 2. The van der Waals surface area contributed by atoms with E-state index < -0.39 is 0 Å². The van der Waals surface area contributed by atoms with Crippen molar-refractivity contribution in [1.82, 2.24) is 10.2 Å². The van der Waals surface area contributed by atoms with Crippen molar-refractivity contribution >= 4 is 23.2 Å². The van der Waals surface area contributed by atoms with Crippen molar-refractivity contribution in [2.24, 2.45) is 0 Å². The first-order valence-electron chi connectivity index (χ1n) is 6.35. The van der Waals surface area contributed by atoms with Gasteiger partial charge in [0, 0.05) is 37.0 Å². The van der Waals surface area contributed by atoms with Crippen molar-refractivity contribution in [2.75, 3.05) is 19.6 Å². The van der Waals surface area contributed by atoms with Gasteiger partial charge in [0.1, 0.15) is 0 Å². The normalized spacial score (nSPS) is 15.4. The lowest BCUT2D eigenvalue weighted by atomic mass is 10.1. The van der Waals surface area contributed by atoms with E-state index in [9.17, 15) is 9.59 Å². The van der Waals surface area contributed by atoms with Crippen molar-refractivity contribution in [2.45, 2.75) is 25.7 Å². The Hall–Kier alpha value is -1.36.